The number of hydrogen-bond donors (Lipinski definition) is 1. The molecule has 2 aliphatic rings. The first-order valence-corrected chi connectivity index (χ1v) is 13.1. The van der Waals surface area contributed by atoms with Gasteiger partial charge in [-0.2, -0.15) is 0 Å². The second kappa shape index (κ2) is 11.7. The molecule has 2 saturated heterocycles. The topological polar surface area (TPSA) is 44.8 Å². The summed E-state index contributed by atoms with van der Waals surface area (Å²) in [4.78, 5) is 18.0. The predicted molar refractivity (Wildman–Crippen MR) is 140 cm³/mol. The molecule has 34 heavy (non-hydrogen) atoms. The van der Waals surface area contributed by atoms with Gasteiger partial charge in [-0.25, -0.2) is 0 Å². The molecule has 1 amide bonds. The van der Waals surface area contributed by atoms with Crippen molar-refractivity contribution in [2.75, 3.05) is 37.6 Å². The average Bonchev–Trinajstić information content (AvgIpc) is 3.48. The zero-order chi connectivity index (χ0) is 24.1. The maximum atomic E-state index is 13.3. The number of halogens is 2. The van der Waals surface area contributed by atoms with Crippen molar-refractivity contribution >= 4 is 34.8 Å². The summed E-state index contributed by atoms with van der Waals surface area (Å²) in [5.41, 5.74) is 2.23. The standard InChI is InChI=1S/C27H35Cl2N3O2/c1-19(2)34-26-10-5-20(16-25(26)29)15-23(18-31-12-3-4-13-31)30-27(33)21-11-14-32(17-21)24-8-6-22(28)7-9-24/h5-10,16,19,21,23H,3-4,11-15,17-18H2,1-2H3,(H,30,33)/t21-,23?/m1/s1. The summed E-state index contributed by atoms with van der Waals surface area (Å²) >= 11 is 12.5. The summed E-state index contributed by atoms with van der Waals surface area (Å²) in [7, 11) is 0. The molecule has 2 atom stereocenters. The van der Waals surface area contributed by atoms with Gasteiger partial charge in [-0.05, 0) is 94.6 Å². The maximum absolute atomic E-state index is 13.3. The molecule has 0 spiro atoms. The average molecular weight is 505 g/mol. The molecule has 0 saturated carbocycles. The highest BCUT2D eigenvalue weighted by Gasteiger charge is 2.30. The van der Waals surface area contributed by atoms with Gasteiger partial charge in [-0.1, -0.05) is 29.3 Å². The van der Waals surface area contributed by atoms with Crippen molar-refractivity contribution in [3.63, 3.8) is 0 Å². The van der Waals surface area contributed by atoms with E-state index in [0.717, 1.165) is 61.8 Å². The summed E-state index contributed by atoms with van der Waals surface area (Å²) in [6.07, 6.45) is 4.14. The van der Waals surface area contributed by atoms with Gasteiger partial charge in [0.2, 0.25) is 5.91 Å². The van der Waals surface area contributed by atoms with Crippen molar-refractivity contribution in [2.45, 2.75) is 51.7 Å². The number of likely N-dealkylation sites (tertiary alicyclic amines) is 1. The first kappa shape index (κ1) is 25.2. The minimum Gasteiger partial charge on any atom is -0.489 e. The fraction of sp³-hybridized carbons (Fsp3) is 0.519. The third kappa shape index (κ3) is 6.80. The van der Waals surface area contributed by atoms with Gasteiger partial charge in [-0.3, -0.25) is 4.79 Å². The van der Waals surface area contributed by atoms with Crippen LogP contribution in [0.3, 0.4) is 0 Å². The number of nitrogens with one attached hydrogen (secondary N) is 1. The largest absolute Gasteiger partial charge is 0.489 e. The Morgan fingerprint density at radius 2 is 1.82 bits per heavy atom. The number of hydrogen-bond acceptors (Lipinski definition) is 4. The summed E-state index contributed by atoms with van der Waals surface area (Å²) in [5, 5.41) is 4.72. The quantitative estimate of drug-likeness (QED) is 0.495. The second-order valence-electron chi connectivity index (χ2n) is 9.76. The number of carbonyl (C=O) groups is 1. The van der Waals surface area contributed by atoms with Crippen molar-refractivity contribution in [1.29, 1.82) is 0 Å². The molecule has 4 rings (SSSR count). The van der Waals surface area contributed by atoms with Gasteiger partial charge in [0.25, 0.3) is 0 Å². The Morgan fingerprint density at radius 3 is 2.50 bits per heavy atom. The monoisotopic (exact) mass is 503 g/mol. The van der Waals surface area contributed by atoms with E-state index in [1.807, 2.05) is 50.2 Å². The maximum Gasteiger partial charge on any atom is 0.225 e. The number of nitrogens with zero attached hydrogens (tertiary/aromatic N) is 2. The fourth-order valence-electron chi connectivity index (χ4n) is 4.92. The minimum absolute atomic E-state index is 0.0119. The Kier molecular flexibility index (Phi) is 8.62. The molecule has 2 fully saturated rings. The van der Waals surface area contributed by atoms with Crippen LogP contribution in [-0.4, -0.2) is 55.7 Å². The molecule has 1 unspecified atom stereocenters. The van der Waals surface area contributed by atoms with E-state index in [0.29, 0.717) is 10.8 Å². The highest BCUT2D eigenvalue weighted by Crippen LogP contribution is 2.28. The van der Waals surface area contributed by atoms with E-state index in [9.17, 15) is 4.79 Å². The van der Waals surface area contributed by atoms with Crippen molar-refractivity contribution in [3.8, 4) is 5.75 Å². The van der Waals surface area contributed by atoms with Crippen LogP contribution in [0.1, 0.15) is 38.7 Å². The van der Waals surface area contributed by atoms with Gasteiger partial charge >= 0.3 is 0 Å². The minimum atomic E-state index is -0.0119. The van der Waals surface area contributed by atoms with Crippen LogP contribution in [0.2, 0.25) is 10.0 Å². The molecule has 0 bridgehead atoms. The lowest BCUT2D eigenvalue weighted by Crippen LogP contribution is -2.46. The third-order valence-corrected chi connectivity index (χ3v) is 7.16. The van der Waals surface area contributed by atoms with Crippen LogP contribution in [0.25, 0.3) is 0 Å². The van der Waals surface area contributed by atoms with E-state index < -0.39 is 0 Å². The van der Waals surface area contributed by atoms with E-state index in [-0.39, 0.29) is 24.0 Å². The number of benzene rings is 2. The van der Waals surface area contributed by atoms with Crippen molar-refractivity contribution < 1.29 is 9.53 Å². The number of amides is 1. The van der Waals surface area contributed by atoms with E-state index in [1.165, 1.54) is 12.8 Å². The smallest absolute Gasteiger partial charge is 0.225 e. The van der Waals surface area contributed by atoms with Crippen LogP contribution in [0.5, 0.6) is 5.75 Å². The van der Waals surface area contributed by atoms with Gasteiger partial charge < -0.3 is 19.9 Å². The SMILES string of the molecule is CC(C)Oc1ccc(CC(CN2CCCC2)NC(=O)[C@@H]2CCN(c3ccc(Cl)cc3)C2)cc1Cl. The number of ether oxygens (including phenoxy) is 1. The Morgan fingerprint density at radius 1 is 1.09 bits per heavy atom. The van der Waals surface area contributed by atoms with Crippen LogP contribution < -0.4 is 15.0 Å². The molecule has 5 nitrogen and oxygen atoms in total. The Bertz CT molecular complexity index is 961. The molecule has 7 heteroatoms. The summed E-state index contributed by atoms with van der Waals surface area (Å²) in [6.45, 7) is 8.65. The molecular formula is C27H35Cl2N3O2. The van der Waals surface area contributed by atoms with E-state index >= 15 is 0 Å². The lowest BCUT2D eigenvalue weighted by atomic mass is 10.0. The third-order valence-electron chi connectivity index (χ3n) is 6.62. The zero-order valence-corrected chi connectivity index (χ0v) is 21.6. The Hall–Kier alpha value is -1.95. The fourth-order valence-corrected chi connectivity index (χ4v) is 5.30. The van der Waals surface area contributed by atoms with E-state index in [4.69, 9.17) is 27.9 Å². The second-order valence-corrected chi connectivity index (χ2v) is 10.6. The first-order valence-electron chi connectivity index (χ1n) is 12.4. The molecule has 2 heterocycles. The lowest BCUT2D eigenvalue weighted by Gasteiger charge is -2.26. The summed E-state index contributed by atoms with van der Waals surface area (Å²) < 4.78 is 5.78. The number of anilines is 1. The molecule has 0 aromatic heterocycles. The van der Waals surface area contributed by atoms with Crippen LogP contribution in [0.4, 0.5) is 5.69 Å². The van der Waals surface area contributed by atoms with Gasteiger partial charge in [-0.15, -0.1) is 0 Å². The van der Waals surface area contributed by atoms with Gasteiger partial charge in [0, 0.05) is 36.4 Å². The van der Waals surface area contributed by atoms with Crippen molar-refractivity contribution in [1.82, 2.24) is 10.2 Å². The number of carbonyl (C=O) groups excluding carboxylic acids is 1. The van der Waals surface area contributed by atoms with Crippen LogP contribution in [0, 0.1) is 5.92 Å². The van der Waals surface area contributed by atoms with Gasteiger partial charge in [0.15, 0.2) is 0 Å². The highest BCUT2D eigenvalue weighted by molar-refractivity contribution is 6.32. The predicted octanol–water partition coefficient (Wildman–Crippen LogP) is 5.43. The summed E-state index contributed by atoms with van der Waals surface area (Å²) in [6, 6.07) is 13.9. The van der Waals surface area contributed by atoms with Crippen molar-refractivity contribution in [2.24, 2.45) is 5.92 Å². The summed E-state index contributed by atoms with van der Waals surface area (Å²) in [5.74, 6) is 0.836. The van der Waals surface area contributed by atoms with Gasteiger partial charge in [0.05, 0.1) is 17.0 Å². The number of rotatable bonds is 9. The van der Waals surface area contributed by atoms with Crippen molar-refractivity contribution in [3.05, 3.63) is 58.1 Å². The van der Waals surface area contributed by atoms with Gasteiger partial charge in [0.1, 0.15) is 5.75 Å². The molecule has 1 N–H and O–H groups in total. The Balaban J connectivity index is 1.40. The molecule has 2 aromatic rings. The molecule has 2 aromatic carbocycles. The van der Waals surface area contributed by atoms with Crippen LogP contribution >= 0.6 is 23.2 Å². The van der Waals surface area contributed by atoms with Crippen LogP contribution in [0.15, 0.2) is 42.5 Å². The molecule has 184 valence electrons. The molecule has 0 radical (unpaired) electrons. The highest BCUT2D eigenvalue weighted by atomic mass is 35.5. The Labute approximate surface area is 213 Å². The molecule has 0 aliphatic carbocycles. The van der Waals surface area contributed by atoms with E-state index in [2.05, 4.69) is 21.2 Å². The lowest BCUT2D eigenvalue weighted by molar-refractivity contribution is -0.125. The van der Waals surface area contributed by atoms with E-state index in [1.54, 1.807) is 0 Å². The zero-order valence-electron chi connectivity index (χ0n) is 20.1. The normalized spacial score (nSPS) is 19.6. The molecular weight excluding hydrogens is 469 g/mol. The molecule has 2 aliphatic heterocycles. The van der Waals surface area contributed by atoms with Crippen LogP contribution in [-0.2, 0) is 11.2 Å². The first-order chi connectivity index (χ1) is 16.4.